The Morgan fingerprint density at radius 3 is 2.78 bits per heavy atom. The van der Waals surface area contributed by atoms with E-state index in [0.29, 0.717) is 27.3 Å². The maximum absolute atomic E-state index is 12.9. The number of hydrogen-bond acceptors (Lipinski definition) is 6. The van der Waals surface area contributed by atoms with Crippen molar-refractivity contribution in [3.05, 3.63) is 39.0 Å². The number of benzene rings is 1. The lowest BCUT2D eigenvalue weighted by atomic mass is 10.0. The van der Waals surface area contributed by atoms with E-state index in [0.717, 1.165) is 24.1 Å². The number of aryl methyl sites for hydroxylation is 2. The first kappa shape index (κ1) is 15.6. The van der Waals surface area contributed by atoms with Gasteiger partial charge in [0.2, 0.25) is 11.3 Å². The van der Waals surface area contributed by atoms with Crippen molar-refractivity contribution in [2.24, 2.45) is 0 Å². The Kier molecular flexibility index (Phi) is 4.09. The van der Waals surface area contributed by atoms with Gasteiger partial charge in [-0.1, -0.05) is 13.3 Å². The Morgan fingerprint density at radius 2 is 2.17 bits per heavy atom. The summed E-state index contributed by atoms with van der Waals surface area (Å²) in [6, 6.07) is 3.57. The molecule has 0 radical (unpaired) electrons. The predicted octanol–water partition coefficient (Wildman–Crippen LogP) is 3.77. The van der Waals surface area contributed by atoms with Crippen LogP contribution >= 0.6 is 11.3 Å². The quantitative estimate of drug-likeness (QED) is 0.788. The van der Waals surface area contributed by atoms with Crippen LogP contribution in [0.2, 0.25) is 0 Å². The van der Waals surface area contributed by atoms with Gasteiger partial charge < -0.3 is 14.9 Å². The third-order valence-electron chi connectivity index (χ3n) is 3.67. The fourth-order valence-corrected chi connectivity index (χ4v) is 3.45. The van der Waals surface area contributed by atoms with Crippen LogP contribution in [0.1, 0.15) is 24.6 Å². The van der Waals surface area contributed by atoms with Crippen LogP contribution in [0.4, 0.5) is 5.88 Å². The van der Waals surface area contributed by atoms with Gasteiger partial charge in [-0.2, -0.15) is 0 Å². The summed E-state index contributed by atoms with van der Waals surface area (Å²) in [5.41, 5.74) is 8.43. The maximum Gasteiger partial charge on any atom is 0.205 e. The van der Waals surface area contributed by atoms with Crippen LogP contribution in [0, 0.1) is 6.92 Å². The molecule has 0 amide bonds. The molecule has 23 heavy (non-hydrogen) atoms. The molecule has 2 aromatic heterocycles. The van der Waals surface area contributed by atoms with Crippen molar-refractivity contribution in [1.29, 1.82) is 0 Å². The minimum absolute atomic E-state index is 0.0853. The van der Waals surface area contributed by atoms with E-state index in [1.165, 1.54) is 11.3 Å². The van der Waals surface area contributed by atoms with Crippen molar-refractivity contribution >= 4 is 28.2 Å². The lowest BCUT2D eigenvalue weighted by Gasteiger charge is -2.10. The second-order valence-corrected chi connectivity index (χ2v) is 6.23. The number of thiazole rings is 1. The van der Waals surface area contributed by atoms with Crippen molar-refractivity contribution in [1.82, 2.24) is 4.98 Å². The highest BCUT2D eigenvalue weighted by molar-refractivity contribution is 7.13. The lowest BCUT2D eigenvalue weighted by molar-refractivity contribution is 0.409. The fraction of sp³-hybridized carbons (Fsp3) is 0.294. The molecule has 3 aromatic rings. The second kappa shape index (κ2) is 6.04. The number of aromatic nitrogens is 1. The highest BCUT2D eigenvalue weighted by atomic mass is 32.1. The molecule has 2 N–H and O–H groups in total. The summed E-state index contributed by atoms with van der Waals surface area (Å²) in [6.45, 7) is 3.96. The SMILES string of the molecule is CCCc1cc2c(=O)c(-c3nc(C)cs3)c(N)oc2cc1OC. The molecule has 0 aliphatic rings. The Balaban J connectivity index is 2.31. The van der Waals surface area contributed by atoms with Crippen LogP contribution in [0.25, 0.3) is 21.5 Å². The predicted molar refractivity (Wildman–Crippen MR) is 93.3 cm³/mol. The molecule has 0 aliphatic carbocycles. The van der Waals surface area contributed by atoms with Crippen LogP contribution in [0.15, 0.2) is 26.7 Å². The molecule has 1 aromatic carbocycles. The first-order valence-corrected chi connectivity index (χ1v) is 8.28. The van der Waals surface area contributed by atoms with E-state index in [-0.39, 0.29) is 11.3 Å². The molecule has 0 spiro atoms. The van der Waals surface area contributed by atoms with Crippen LogP contribution in [-0.4, -0.2) is 12.1 Å². The van der Waals surface area contributed by atoms with Gasteiger partial charge in [0.05, 0.1) is 12.5 Å². The van der Waals surface area contributed by atoms with Gasteiger partial charge in [-0.05, 0) is 25.0 Å². The van der Waals surface area contributed by atoms with E-state index in [1.807, 2.05) is 18.4 Å². The molecule has 0 fully saturated rings. The first-order chi connectivity index (χ1) is 11.0. The summed E-state index contributed by atoms with van der Waals surface area (Å²) in [4.78, 5) is 17.3. The highest BCUT2D eigenvalue weighted by Gasteiger charge is 2.18. The van der Waals surface area contributed by atoms with Crippen molar-refractivity contribution in [3.8, 4) is 16.3 Å². The summed E-state index contributed by atoms with van der Waals surface area (Å²) in [5.74, 6) is 0.793. The average molecular weight is 330 g/mol. The molecule has 0 saturated carbocycles. The van der Waals surface area contributed by atoms with E-state index < -0.39 is 0 Å². The zero-order chi connectivity index (χ0) is 16.6. The average Bonchev–Trinajstić information content (AvgIpc) is 2.94. The summed E-state index contributed by atoms with van der Waals surface area (Å²) >= 11 is 1.39. The van der Waals surface area contributed by atoms with Crippen LogP contribution < -0.4 is 15.9 Å². The number of nitrogen functional groups attached to an aromatic ring is 1. The first-order valence-electron chi connectivity index (χ1n) is 7.40. The fourth-order valence-electron chi connectivity index (χ4n) is 2.61. The molecule has 6 heteroatoms. The minimum Gasteiger partial charge on any atom is -0.496 e. The minimum atomic E-state index is -0.155. The smallest absolute Gasteiger partial charge is 0.205 e. The number of nitrogens with two attached hydrogens (primary N) is 1. The Labute approximate surface area is 137 Å². The number of nitrogens with zero attached hydrogens (tertiary/aromatic N) is 1. The number of ether oxygens (including phenoxy) is 1. The van der Waals surface area contributed by atoms with Crippen molar-refractivity contribution in [2.75, 3.05) is 12.8 Å². The molecular weight excluding hydrogens is 312 g/mol. The molecule has 0 saturated heterocycles. The summed E-state index contributed by atoms with van der Waals surface area (Å²) in [6.07, 6.45) is 1.79. The zero-order valence-corrected chi connectivity index (χ0v) is 14.1. The second-order valence-electron chi connectivity index (χ2n) is 5.37. The molecule has 120 valence electrons. The van der Waals surface area contributed by atoms with Gasteiger partial charge in [0.15, 0.2) is 0 Å². The van der Waals surface area contributed by atoms with Gasteiger partial charge in [-0.3, -0.25) is 4.79 Å². The van der Waals surface area contributed by atoms with Crippen LogP contribution in [0.5, 0.6) is 5.75 Å². The van der Waals surface area contributed by atoms with Crippen LogP contribution in [0.3, 0.4) is 0 Å². The summed E-state index contributed by atoms with van der Waals surface area (Å²) in [7, 11) is 1.61. The normalized spacial score (nSPS) is 11.1. The molecule has 2 heterocycles. The standard InChI is InChI=1S/C17H18N2O3S/c1-4-5-10-6-11-13(7-12(10)21-3)22-16(18)14(15(11)20)17-19-9(2)8-23-17/h6-8H,4-5,18H2,1-3H3. The molecule has 0 bridgehead atoms. The van der Waals surface area contributed by atoms with E-state index in [4.69, 9.17) is 14.9 Å². The van der Waals surface area contributed by atoms with Crippen molar-refractivity contribution in [3.63, 3.8) is 0 Å². The Morgan fingerprint density at radius 1 is 1.39 bits per heavy atom. The van der Waals surface area contributed by atoms with Gasteiger partial charge in [-0.25, -0.2) is 4.98 Å². The Hall–Kier alpha value is -2.34. The highest BCUT2D eigenvalue weighted by Crippen LogP contribution is 2.32. The third-order valence-corrected chi connectivity index (χ3v) is 4.65. The number of methoxy groups -OCH3 is 1. The van der Waals surface area contributed by atoms with E-state index in [9.17, 15) is 4.79 Å². The van der Waals surface area contributed by atoms with E-state index >= 15 is 0 Å². The third kappa shape index (κ3) is 2.70. The summed E-state index contributed by atoms with van der Waals surface area (Å²) < 4.78 is 11.1. The van der Waals surface area contributed by atoms with Gasteiger partial charge in [0, 0.05) is 17.1 Å². The van der Waals surface area contributed by atoms with Gasteiger partial charge in [0.25, 0.3) is 0 Å². The lowest BCUT2D eigenvalue weighted by Crippen LogP contribution is -2.09. The molecule has 0 atom stereocenters. The Bertz CT molecular complexity index is 927. The monoisotopic (exact) mass is 330 g/mol. The van der Waals surface area contributed by atoms with Crippen molar-refractivity contribution < 1.29 is 9.15 Å². The number of fused-ring (bicyclic) bond motifs is 1. The molecule has 5 nitrogen and oxygen atoms in total. The molecule has 0 unspecified atom stereocenters. The van der Waals surface area contributed by atoms with E-state index in [1.54, 1.807) is 13.2 Å². The summed E-state index contributed by atoms with van der Waals surface area (Å²) in [5, 5.41) is 2.98. The zero-order valence-electron chi connectivity index (χ0n) is 13.3. The number of hydrogen-bond donors (Lipinski definition) is 1. The topological polar surface area (TPSA) is 78.4 Å². The van der Waals surface area contributed by atoms with Crippen LogP contribution in [-0.2, 0) is 6.42 Å². The van der Waals surface area contributed by atoms with E-state index in [2.05, 4.69) is 11.9 Å². The van der Waals surface area contributed by atoms with Gasteiger partial charge in [-0.15, -0.1) is 11.3 Å². The number of anilines is 1. The van der Waals surface area contributed by atoms with Gasteiger partial charge >= 0.3 is 0 Å². The van der Waals surface area contributed by atoms with Gasteiger partial charge in [0.1, 0.15) is 21.9 Å². The molecule has 3 rings (SSSR count). The van der Waals surface area contributed by atoms with Crippen molar-refractivity contribution in [2.45, 2.75) is 26.7 Å². The molecular formula is C17H18N2O3S. The maximum atomic E-state index is 12.9. The largest absolute Gasteiger partial charge is 0.496 e. The number of rotatable bonds is 4. The molecule has 0 aliphatic heterocycles.